The second kappa shape index (κ2) is 9.23. The zero-order chi connectivity index (χ0) is 22.8. The molecule has 3 aliphatic heterocycles. The largest absolute Gasteiger partial charge is 0.486 e. The lowest BCUT2D eigenvalue weighted by molar-refractivity contribution is -0.120. The van der Waals surface area contributed by atoms with E-state index in [1.54, 1.807) is 12.1 Å². The maximum atomic E-state index is 13.1. The Labute approximate surface area is 194 Å². The van der Waals surface area contributed by atoms with Crippen LogP contribution in [0.25, 0.3) is 0 Å². The van der Waals surface area contributed by atoms with E-state index in [1.807, 2.05) is 18.2 Å². The van der Waals surface area contributed by atoms with Crippen LogP contribution in [-0.2, 0) is 14.8 Å². The fraction of sp³-hybridized carbons (Fsp3) is 0.458. The van der Waals surface area contributed by atoms with Crippen LogP contribution in [0, 0.1) is 5.92 Å². The normalized spacial score (nSPS) is 19.5. The van der Waals surface area contributed by atoms with Crippen molar-refractivity contribution in [2.75, 3.05) is 49.6 Å². The summed E-state index contributed by atoms with van der Waals surface area (Å²) < 4.78 is 38.7. The third-order valence-electron chi connectivity index (χ3n) is 6.56. The van der Waals surface area contributed by atoms with Gasteiger partial charge in [-0.1, -0.05) is 6.07 Å². The van der Waals surface area contributed by atoms with Gasteiger partial charge >= 0.3 is 0 Å². The molecular weight excluding hydrogens is 442 g/mol. The van der Waals surface area contributed by atoms with E-state index >= 15 is 0 Å². The Kier molecular flexibility index (Phi) is 6.16. The van der Waals surface area contributed by atoms with Crippen LogP contribution in [0.3, 0.4) is 0 Å². The van der Waals surface area contributed by atoms with E-state index in [1.165, 1.54) is 23.2 Å². The van der Waals surface area contributed by atoms with Gasteiger partial charge in [-0.3, -0.25) is 4.79 Å². The van der Waals surface area contributed by atoms with Gasteiger partial charge in [0.2, 0.25) is 15.9 Å². The molecule has 0 spiro atoms. The summed E-state index contributed by atoms with van der Waals surface area (Å²) in [7, 11) is -3.66. The number of carbonyl (C=O) groups excluding carboxylic acids is 1. The van der Waals surface area contributed by atoms with E-state index in [9.17, 15) is 13.2 Å². The van der Waals surface area contributed by atoms with Crippen LogP contribution < -0.4 is 19.7 Å². The second-order valence-corrected chi connectivity index (χ2v) is 10.7. The van der Waals surface area contributed by atoms with Gasteiger partial charge in [0.05, 0.1) is 4.90 Å². The number of piperidine rings is 1. The van der Waals surface area contributed by atoms with Crippen LogP contribution in [0.5, 0.6) is 11.5 Å². The number of hydrogen-bond donors (Lipinski definition) is 1. The van der Waals surface area contributed by atoms with Crippen molar-refractivity contribution in [2.45, 2.75) is 30.6 Å². The van der Waals surface area contributed by atoms with Crippen LogP contribution in [0.4, 0.5) is 11.4 Å². The molecule has 0 aromatic heterocycles. The molecule has 0 radical (unpaired) electrons. The van der Waals surface area contributed by atoms with Crippen molar-refractivity contribution < 1.29 is 22.7 Å². The quantitative estimate of drug-likeness (QED) is 0.721. The standard InChI is InChI=1S/C24H29N3O5S/c28-24(25-19-4-3-5-20(16-19)26-10-1-2-11-26)18-8-12-27(13-9-18)33(29,30)21-6-7-22-23(17-21)32-15-14-31-22/h3-7,16-18H,1-2,8-15H2,(H,25,28). The van der Waals surface area contributed by atoms with Gasteiger partial charge in [-0.05, 0) is 56.0 Å². The molecule has 2 fully saturated rings. The van der Waals surface area contributed by atoms with Gasteiger partial charge in [-0.25, -0.2) is 8.42 Å². The predicted molar refractivity (Wildman–Crippen MR) is 125 cm³/mol. The van der Waals surface area contributed by atoms with Crippen molar-refractivity contribution in [3.05, 3.63) is 42.5 Å². The average Bonchev–Trinajstić information content (AvgIpc) is 3.39. The van der Waals surface area contributed by atoms with Gasteiger partial charge in [-0.15, -0.1) is 0 Å². The Morgan fingerprint density at radius 3 is 2.39 bits per heavy atom. The van der Waals surface area contributed by atoms with Crippen molar-refractivity contribution >= 4 is 27.3 Å². The molecule has 0 unspecified atom stereocenters. The van der Waals surface area contributed by atoms with Crippen molar-refractivity contribution in [2.24, 2.45) is 5.92 Å². The monoisotopic (exact) mass is 471 g/mol. The third-order valence-corrected chi connectivity index (χ3v) is 8.46. The van der Waals surface area contributed by atoms with Crippen LogP contribution in [0.2, 0.25) is 0 Å². The highest BCUT2D eigenvalue weighted by Crippen LogP contribution is 2.34. The molecule has 2 aromatic carbocycles. The van der Waals surface area contributed by atoms with Crippen LogP contribution in [0.15, 0.2) is 47.4 Å². The fourth-order valence-electron chi connectivity index (χ4n) is 4.69. The van der Waals surface area contributed by atoms with Crippen LogP contribution in [0.1, 0.15) is 25.7 Å². The number of rotatable bonds is 5. The fourth-order valence-corrected chi connectivity index (χ4v) is 6.18. The molecule has 3 aliphatic rings. The molecule has 8 nitrogen and oxygen atoms in total. The summed E-state index contributed by atoms with van der Waals surface area (Å²) in [5.41, 5.74) is 1.92. The molecule has 3 heterocycles. The first-order chi connectivity index (χ1) is 16.0. The highest BCUT2D eigenvalue weighted by molar-refractivity contribution is 7.89. The highest BCUT2D eigenvalue weighted by atomic mass is 32.2. The minimum atomic E-state index is -3.66. The smallest absolute Gasteiger partial charge is 0.243 e. The summed E-state index contributed by atoms with van der Waals surface area (Å²) in [5.74, 6) is 0.745. The van der Waals surface area contributed by atoms with E-state index in [0.29, 0.717) is 50.6 Å². The van der Waals surface area contributed by atoms with Gasteiger partial charge in [0, 0.05) is 49.5 Å². The molecule has 0 atom stereocenters. The van der Waals surface area contributed by atoms with Gasteiger partial charge in [-0.2, -0.15) is 4.31 Å². The minimum Gasteiger partial charge on any atom is -0.486 e. The number of ether oxygens (including phenoxy) is 2. The molecule has 0 saturated carbocycles. The summed E-state index contributed by atoms with van der Waals surface area (Å²) in [6, 6.07) is 12.7. The molecule has 1 amide bonds. The zero-order valence-corrected chi connectivity index (χ0v) is 19.4. The number of carbonyl (C=O) groups is 1. The number of anilines is 2. The van der Waals surface area contributed by atoms with Gasteiger partial charge in [0.15, 0.2) is 11.5 Å². The molecule has 2 saturated heterocycles. The lowest BCUT2D eigenvalue weighted by atomic mass is 9.97. The van der Waals surface area contributed by atoms with E-state index < -0.39 is 10.0 Å². The number of hydrogen-bond acceptors (Lipinski definition) is 6. The second-order valence-electron chi connectivity index (χ2n) is 8.72. The van der Waals surface area contributed by atoms with E-state index in [-0.39, 0.29) is 16.7 Å². The maximum absolute atomic E-state index is 13.1. The van der Waals surface area contributed by atoms with Crippen molar-refractivity contribution in [3.63, 3.8) is 0 Å². The van der Waals surface area contributed by atoms with Gasteiger partial charge < -0.3 is 19.7 Å². The maximum Gasteiger partial charge on any atom is 0.243 e. The van der Waals surface area contributed by atoms with E-state index in [4.69, 9.17) is 9.47 Å². The van der Waals surface area contributed by atoms with E-state index in [2.05, 4.69) is 16.3 Å². The number of nitrogens with one attached hydrogen (secondary N) is 1. The molecule has 5 rings (SSSR count). The number of benzene rings is 2. The van der Waals surface area contributed by atoms with Gasteiger partial charge in [0.1, 0.15) is 13.2 Å². The number of amides is 1. The number of fused-ring (bicyclic) bond motifs is 1. The molecule has 1 N–H and O–H groups in total. The lowest BCUT2D eigenvalue weighted by Crippen LogP contribution is -2.41. The summed E-state index contributed by atoms with van der Waals surface area (Å²) in [6.45, 7) is 3.57. The summed E-state index contributed by atoms with van der Waals surface area (Å²) in [6.07, 6.45) is 3.37. The molecule has 33 heavy (non-hydrogen) atoms. The van der Waals surface area contributed by atoms with Crippen LogP contribution in [-0.4, -0.2) is 58.0 Å². The predicted octanol–water partition coefficient (Wildman–Crippen LogP) is 3.10. The first-order valence-electron chi connectivity index (χ1n) is 11.6. The molecular formula is C24H29N3O5S. The topological polar surface area (TPSA) is 88.2 Å². The Hall–Kier alpha value is -2.78. The Balaban J connectivity index is 1.20. The molecule has 0 aliphatic carbocycles. The number of sulfonamides is 1. The molecule has 0 bridgehead atoms. The summed E-state index contributed by atoms with van der Waals surface area (Å²) in [4.78, 5) is 15.4. The van der Waals surface area contributed by atoms with Crippen LogP contribution >= 0.6 is 0 Å². The summed E-state index contributed by atoms with van der Waals surface area (Å²) >= 11 is 0. The average molecular weight is 472 g/mol. The Morgan fingerprint density at radius 2 is 1.64 bits per heavy atom. The first kappa shape index (κ1) is 22.0. The minimum absolute atomic E-state index is 0.0510. The third kappa shape index (κ3) is 4.65. The summed E-state index contributed by atoms with van der Waals surface area (Å²) in [5, 5.41) is 3.03. The lowest BCUT2D eigenvalue weighted by Gasteiger charge is -2.31. The van der Waals surface area contributed by atoms with Gasteiger partial charge in [0.25, 0.3) is 0 Å². The SMILES string of the molecule is O=C(Nc1cccc(N2CCCC2)c1)C1CCN(S(=O)(=O)c2ccc3c(c2)OCCO3)CC1. The molecule has 9 heteroatoms. The van der Waals surface area contributed by atoms with E-state index in [0.717, 1.165) is 24.5 Å². The highest BCUT2D eigenvalue weighted by Gasteiger charge is 2.33. The first-order valence-corrected chi connectivity index (χ1v) is 13.0. The molecule has 176 valence electrons. The Bertz CT molecular complexity index is 1120. The number of nitrogens with zero attached hydrogens (tertiary/aromatic N) is 2. The van der Waals surface area contributed by atoms with Crippen molar-refractivity contribution in [3.8, 4) is 11.5 Å². The van der Waals surface area contributed by atoms with Crippen molar-refractivity contribution in [1.29, 1.82) is 0 Å². The zero-order valence-electron chi connectivity index (χ0n) is 18.5. The Morgan fingerprint density at radius 1 is 0.909 bits per heavy atom. The molecule has 2 aromatic rings. The van der Waals surface area contributed by atoms with Crippen molar-refractivity contribution in [1.82, 2.24) is 4.31 Å².